The highest BCUT2D eigenvalue weighted by molar-refractivity contribution is 5.78. The molecule has 4 N–H and O–H groups in total. The maximum Gasteiger partial charge on any atom is 0.243 e. The average Bonchev–Trinajstić information content (AvgIpc) is 2.89. The number of carbonyl (C=O) groups excluding carboxylic acids is 2. The first kappa shape index (κ1) is 23.6. The van der Waals surface area contributed by atoms with E-state index in [0.29, 0.717) is 82.4 Å². The van der Waals surface area contributed by atoms with Gasteiger partial charge < -0.3 is 25.2 Å². The lowest BCUT2D eigenvalue weighted by Crippen LogP contribution is -2.49. The third-order valence-corrected chi connectivity index (χ3v) is 5.78. The molecule has 2 aliphatic heterocycles. The summed E-state index contributed by atoms with van der Waals surface area (Å²) in [5.41, 5.74) is 8.05. The molecule has 0 aromatic carbocycles. The predicted molar refractivity (Wildman–Crippen MR) is 123 cm³/mol. The molecule has 2 aromatic heterocycles. The fourth-order valence-corrected chi connectivity index (χ4v) is 3.84. The molecule has 0 spiro atoms. The Labute approximate surface area is 196 Å². The van der Waals surface area contributed by atoms with Crippen LogP contribution in [0.25, 0.3) is 11.4 Å². The highest BCUT2D eigenvalue weighted by atomic mass is 16.5. The summed E-state index contributed by atoms with van der Waals surface area (Å²) < 4.78 is 5.46. The lowest BCUT2D eigenvalue weighted by atomic mass is 10.2. The lowest BCUT2D eigenvalue weighted by molar-refractivity contribution is -0.132. The van der Waals surface area contributed by atoms with Crippen LogP contribution in [0.3, 0.4) is 0 Å². The van der Waals surface area contributed by atoms with Gasteiger partial charge in [-0.25, -0.2) is 10.5 Å². The number of anilines is 3. The standard InChI is InChI=1S/C21H29N9O4/c22-16-5-4-15(14-23-16)19-24-20(26-21(25-19)30-10-12-34-13-11-30)29-8-6-28(7-9-29)18(32)3-1-2-17(31)27-33/h4-5,14,33H,1-3,6-13H2,(H2,22,23)(H,27,31). The van der Waals surface area contributed by atoms with Gasteiger partial charge in [-0.15, -0.1) is 0 Å². The second-order valence-corrected chi connectivity index (χ2v) is 8.09. The molecule has 4 rings (SSSR count). The Balaban J connectivity index is 1.46. The number of hydrogen-bond donors (Lipinski definition) is 3. The number of nitrogens with zero attached hydrogens (tertiary/aromatic N) is 7. The van der Waals surface area contributed by atoms with Gasteiger partial charge >= 0.3 is 0 Å². The summed E-state index contributed by atoms with van der Waals surface area (Å²) in [7, 11) is 0. The monoisotopic (exact) mass is 471 g/mol. The van der Waals surface area contributed by atoms with E-state index in [1.807, 2.05) is 11.0 Å². The normalized spacial score (nSPS) is 16.4. The minimum atomic E-state index is -0.490. The molecular formula is C21H29N9O4. The molecule has 2 amide bonds. The van der Waals surface area contributed by atoms with Crippen molar-refractivity contribution in [1.82, 2.24) is 30.3 Å². The minimum absolute atomic E-state index is 0.0105. The Bertz CT molecular complexity index is 990. The average molecular weight is 472 g/mol. The number of aromatic nitrogens is 4. The number of hydroxylamine groups is 1. The van der Waals surface area contributed by atoms with Crippen LogP contribution in [0.1, 0.15) is 19.3 Å². The predicted octanol–water partition coefficient (Wildman–Crippen LogP) is -0.323. The maximum atomic E-state index is 12.5. The first-order valence-corrected chi connectivity index (χ1v) is 11.3. The van der Waals surface area contributed by atoms with Gasteiger partial charge in [-0.2, -0.15) is 15.0 Å². The molecule has 4 heterocycles. The van der Waals surface area contributed by atoms with E-state index in [4.69, 9.17) is 25.6 Å². The van der Waals surface area contributed by atoms with Crippen molar-refractivity contribution in [1.29, 1.82) is 0 Å². The van der Waals surface area contributed by atoms with Crippen molar-refractivity contribution in [3.63, 3.8) is 0 Å². The molecule has 2 fully saturated rings. The number of nitrogens with one attached hydrogen (secondary N) is 1. The smallest absolute Gasteiger partial charge is 0.243 e. The van der Waals surface area contributed by atoms with Gasteiger partial charge in [0.15, 0.2) is 5.82 Å². The van der Waals surface area contributed by atoms with Gasteiger partial charge in [-0.3, -0.25) is 14.8 Å². The van der Waals surface area contributed by atoms with E-state index in [2.05, 4.69) is 14.9 Å². The summed E-state index contributed by atoms with van der Waals surface area (Å²) in [6.45, 7) is 4.83. The number of hydrogen-bond acceptors (Lipinski definition) is 11. The second-order valence-electron chi connectivity index (χ2n) is 8.09. The maximum absolute atomic E-state index is 12.5. The van der Waals surface area contributed by atoms with Gasteiger partial charge in [0.25, 0.3) is 0 Å². The Morgan fingerprint density at radius 3 is 2.26 bits per heavy atom. The third kappa shape index (κ3) is 5.85. The number of rotatable bonds is 7. The molecule has 0 saturated carbocycles. The summed E-state index contributed by atoms with van der Waals surface area (Å²) >= 11 is 0. The number of carbonyl (C=O) groups is 2. The molecule has 2 aromatic rings. The summed E-state index contributed by atoms with van der Waals surface area (Å²) in [5.74, 6) is 1.57. The second kappa shape index (κ2) is 11.0. The molecule has 0 atom stereocenters. The number of ether oxygens (including phenoxy) is 1. The highest BCUT2D eigenvalue weighted by Crippen LogP contribution is 2.23. The fraction of sp³-hybridized carbons (Fsp3) is 0.524. The van der Waals surface area contributed by atoms with E-state index >= 15 is 0 Å². The van der Waals surface area contributed by atoms with Crippen molar-refractivity contribution in [3.8, 4) is 11.4 Å². The summed E-state index contributed by atoms with van der Waals surface area (Å²) in [6.07, 6.45) is 2.40. The third-order valence-electron chi connectivity index (χ3n) is 5.78. The van der Waals surface area contributed by atoms with Crippen molar-refractivity contribution >= 4 is 29.5 Å². The molecule has 0 radical (unpaired) electrons. The molecule has 0 bridgehead atoms. The molecule has 0 aliphatic carbocycles. The summed E-state index contributed by atoms with van der Waals surface area (Å²) in [4.78, 5) is 47.8. The van der Waals surface area contributed by atoms with Crippen LogP contribution in [-0.4, -0.2) is 94.3 Å². The van der Waals surface area contributed by atoms with Gasteiger partial charge in [-0.1, -0.05) is 0 Å². The zero-order valence-corrected chi connectivity index (χ0v) is 18.9. The largest absolute Gasteiger partial charge is 0.384 e. The molecule has 13 nitrogen and oxygen atoms in total. The van der Waals surface area contributed by atoms with E-state index in [0.717, 1.165) is 5.56 Å². The van der Waals surface area contributed by atoms with Crippen LogP contribution >= 0.6 is 0 Å². The SMILES string of the molecule is Nc1ccc(-c2nc(N3CCOCC3)nc(N3CCN(C(=O)CCCC(=O)NO)CC3)n2)cn1. The van der Waals surface area contributed by atoms with Crippen LogP contribution in [0.5, 0.6) is 0 Å². The van der Waals surface area contributed by atoms with Crippen molar-refractivity contribution in [3.05, 3.63) is 18.3 Å². The Kier molecular flexibility index (Phi) is 7.65. The Morgan fingerprint density at radius 1 is 0.971 bits per heavy atom. The van der Waals surface area contributed by atoms with Crippen molar-refractivity contribution in [2.75, 3.05) is 68.0 Å². The number of pyridine rings is 1. The number of nitrogen functional groups attached to an aromatic ring is 1. The van der Waals surface area contributed by atoms with Gasteiger partial charge in [0, 0.05) is 63.9 Å². The van der Waals surface area contributed by atoms with E-state index in [-0.39, 0.29) is 18.7 Å². The van der Waals surface area contributed by atoms with E-state index in [9.17, 15) is 9.59 Å². The van der Waals surface area contributed by atoms with E-state index in [1.165, 1.54) is 0 Å². The van der Waals surface area contributed by atoms with Gasteiger partial charge in [0.05, 0.1) is 13.2 Å². The molecule has 2 aliphatic rings. The zero-order chi connectivity index (χ0) is 23.9. The van der Waals surface area contributed by atoms with Crippen LogP contribution in [0.2, 0.25) is 0 Å². The van der Waals surface area contributed by atoms with Crippen LogP contribution in [0, 0.1) is 0 Å². The van der Waals surface area contributed by atoms with E-state index in [1.54, 1.807) is 22.6 Å². The van der Waals surface area contributed by atoms with Gasteiger partial charge in [-0.05, 0) is 18.6 Å². The Morgan fingerprint density at radius 2 is 1.65 bits per heavy atom. The number of morpholine rings is 1. The van der Waals surface area contributed by atoms with Crippen LogP contribution in [0.15, 0.2) is 18.3 Å². The first-order valence-electron chi connectivity index (χ1n) is 11.3. The molecule has 182 valence electrons. The van der Waals surface area contributed by atoms with Crippen LogP contribution in [-0.2, 0) is 14.3 Å². The van der Waals surface area contributed by atoms with Crippen molar-refractivity contribution in [2.24, 2.45) is 0 Å². The van der Waals surface area contributed by atoms with Crippen molar-refractivity contribution in [2.45, 2.75) is 19.3 Å². The topological polar surface area (TPSA) is 163 Å². The zero-order valence-electron chi connectivity index (χ0n) is 18.9. The molecule has 0 unspecified atom stereocenters. The number of piperazine rings is 1. The highest BCUT2D eigenvalue weighted by Gasteiger charge is 2.25. The first-order chi connectivity index (χ1) is 16.5. The molecule has 13 heteroatoms. The minimum Gasteiger partial charge on any atom is -0.384 e. The van der Waals surface area contributed by atoms with Crippen molar-refractivity contribution < 1.29 is 19.5 Å². The van der Waals surface area contributed by atoms with Crippen LogP contribution < -0.4 is 21.0 Å². The fourth-order valence-electron chi connectivity index (χ4n) is 3.84. The molecule has 34 heavy (non-hydrogen) atoms. The quantitative estimate of drug-likeness (QED) is 0.358. The van der Waals surface area contributed by atoms with E-state index < -0.39 is 5.91 Å². The van der Waals surface area contributed by atoms with Crippen LogP contribution in [0.4, 0.5) is 17.7 Å². The molecule has 2 saturated heterocycles. The number of nitrogens with two attached hydrogens (primary N) is 1. The van der Waals surface area contributed by atoms with Gasteiger partial charge in [0.2, 0.25) is 23.7 Å². The molecular weight excluding hydrogens is 442 g/mol. The van der Waals surface area contributed by atoms with Gasteiger partial charge in [0.1, 0.15) is 5.82 Å². The number of amides is 2. The Hall–Kier alpha value is -3.58. The summed E-state index contributed by atoms with van der Waals surface area (Å²) in [6, 6.07) is 3.54. The lowest BCUT2D eigenvalue weighted by Gasteiger charge is -2.35. The summed E-state index contributed by atoms with van der Waals surface area (Å²) in [5, 5.41) is 8.56.